The first-order valence-electron chi connectivity index (χ1n) is 8.25. The maximum atomic E-state index is 13.4. The number of fused-ring (bicyclic) bond motifs is 1. The minimum Gasteiger partial charge on any atom is -0.492 e. The highest BCUT2D eigenvalue weighted by Gasteiger charge is 2.34. The third-order valence-electron chi connectivity index (χ3n) is 4.93. The topological polar surface area (TPSA) is 54.9 Å². The van der Waals surface area contributed by atoms with E-state index in [0.717, 1.165) is 42.3 Å². The second-order valence-electron chi connectivity index (χ2n) is 6.57. The Bertz CT molecular complexity index is 836. The lowest BCUT2D eigenvalue weighted by atomic mass is 9.95. The van der Waals surface area contributed by atoms with Crippen molar-refractivity contribution in [2.75, 3.05) is 13.1 Å². The lowest BCUT2D eigenvalue weighted by Crippen LogP contribution is -3.13. The van der Waals surface area contributed by atoms with Crippen molar-refractivity contribution in [2.45, 2.75) is 25.8 Å². The highest BCUT2D eigenvalue weighted by atomic mass is 32.1. The number of thiazole rings is 1. The van der Waals surface area contributed by atoms with E-state index in [1.807, 2.05) is 12.1 Å². The van der Waals surface area contributed by atoms with Gasteiger partial charge in [0.05, 0.1) is 13.1 Å². The summed E-state index contributed by atoms with van der Waals surface area (Å²) in [7, 11) is 0. The molecule has 1 aliphatic heterocycles. The van der Waals surface area contributed by atoms with Crippen LogP contribution in [0.2, 0.25) is 0 Å². The van der Waals surface area contributed by atoms with Gasteiger partial charge < -0.3 is 10.0 Å². The molecule has 1 fully saturated rings. The molecule has 0 saturated carbocycles. The van der Waals surface area contributed by atoms with Gasteiger partial charge in [0.2, 0.25) is 10.8 Å². The van der Waals surface area contributed by atoms with Gasteiger partial charge in [-0.2, -0.15) is 9.61 Å². The average molecular weight is 347 g/mol. The van der Waals surface area contributed by atoms with Gasteiger partial charge in [-0.25, -0.2) is 9.37 Å². The van der Waals surface area contributed by atoms with Gasteiger partial charge in [0.25, 0.3) is 0 Å². The van der Waals surface area contributed by atoms with Gasteiger partial charge in [-0.15, -0.1) is 0 Å². The molecular weight excluding hydrogens is 327 g/mol. The Morgan fingerprint density at radius 2 is 2.00 bits per heavy atom. The van der Waals surface area contributed by atoms with Crippen molar-refractivity contribution < 1.29 is 14.4 Å². The third kappa shape index (κ3) is 2.67. The SMILES string of the molecule is CC1CC[NH+]([C@@H](c2ccc(F)cc2)c2sc3ncnn3c2O)CC1. The number of halogens is 1. The van der Waals surface area contributed by atoms with Crippen LogP contribution in [0.4, 0.5) is 4.39 Å². The Balaban J connectivity index is 1.78. The molecule has 3 heterocycles. The lowest BCUT2D eigenvalue weighted by molar-refractivity contribution is -0.931. The van der Waals surface area contributed by atoms with Gasteiger partial charge in [-0.1, -0.05) is 18.3 Å². The number of hydrogen-bond acceptors (Lipinski definition) is 4. The van der Waals surface area contributed by atoms with Crippen molar-refractivity contribution in [3.8, 4) is 5.88 Å². The highest BCUT2D eigenvalue weighted by Crippen LogP contribution is 2.35. The molecule has 2 aromatic heterocycles. The Kier molecular flexibility index (Phi) is 3.97. The molecule has 0 aliphatic carbocycles. The fraction of sp³-hybridized carbons (Fsp3) is 0.412. The van der Waals surface area contributed by atoms with Crippen LogP contribution in [0.25, 0.3) is 4.96 Å². The molecule has 5 nitrogen and oxygen atoms in total. The molecule has 0 unspecified atom stereocenters. The first-order valence-corrected chi connectivity index (χ1v) is 9.06. The molecule has 3 aromatic rings. The molecule has 1 atom stereocenters. The second-order valence-corrected chi connectivity index (χ2v) is 7.58. The monoisotopic (exact) mass is 347 g/mol. The van der Waals surface area contributed by atoms with Crippen LogP contribution in [0.1, 0.15) is 36.2 Å². The van der Waals surface area contributed by atoms with E-state index in [-0.39, 0.29) is 17.7 Å². The number of nitrogens with zero attached hydrogens (tertiary/aromatic N) is 3. The van der Waals surface area contributed by atoms with Crippen LogP contribution >= 0.6 is 11.3 Å². The summed E-state index contributed by atoms with van der Waals surface area (Å²) in [4.78, 5) is 7.12. The molecule has 2 N–H and O–H groups in total. The van der Waals surface area contributed by atoms with Crippen molar-refractivity contribution in [2.24, 2.45) is 5.92 Å². The van der Waals surface area contributed by atoms with Crippen molar-refractivity contribution in [3.63, 3.8) is 0 Å². The molecule has 24 heavy (non-hydrogen) atoms. The Morgan fingerprint density at radius 1 is 1.29 bits per heavy atom. The standard InChI is InChI=1S/C17H19FN4OS/c1-11-6-8-21(9-7-11)14(12-2-4-13(18)5-3-12)15-16(23)22-17(24-15)19-10-20-22/h2-5,10-11,14,23H,6-9H2,1H3/p+1/t14-/m0/s1. The molecule has 0 amide bonds. The van der Waals surface area contributed by atoms with Crippen LogP contribution in [0, 0.1) is 11.7 Å². The van der Waals surface area contributed by atoms with E-state index in [1.165, 1.54) is 39.2 Å². The van der Waals surface area contributed by atoms with Crippen LogP contribution in [0.5, 0.6) is 5.88 Å². The fourth-order valence-electron chi connectivity index (χ4n) is 3.53. The van der Waals surface area contributed by atoms with Gasteiger partial charge in [-0.05, 0) is 43.0 Å². The predicted molar refractivity (Wildman–Crippen MR) is 89.9 cm³/mol. The maximum Gasteiger partial charge on any atom is 0.235 e. The molecule has 1 saturated heterocycles. The largest absolute Gasteiger partial charge is 0.492 e. The number of nitrogens with one attached hydrogen (secondary N) is 1. The summed E-state index contributed by atoms with van der Waals surface area (Å²) < 4.78 is 14.8. The Labute approximate surface area is 143 Å². The van der Waals surface area contributed by atoms with Crippen LogP contribution in [-0.4, -0.2) is 32.8 Å². The summed E-state index contributed by atoms with van der Waals surface area (Å²) in [6.45, 7) is 4.36. The van der Waals surface area contributed by atoms with E-state index in [9.17, 15) is 9.50 Å². The molecule has 126 valence electrons. The van der Waals surface area contributed by atoms with E-state index >= 15 is 0 Å². The second kappa shape index (κ2) is 6.14. The van der Waals surface area contributed by atoms with E-state index in [0.29, 0.717) is 4.96 Å². The molecule has 1 aromatic carbocycles. The van der Waals surface area contributed by atoms with Crippen molar-refractivity contribution >= 4 is 16.3 Å². The number of likely N-dealkylation sites (tertiary alicyclic amines) is 1. The third-order valence-corrected chi connectivity index (χ3v) is 6.03. The summed E-state index contributed by atoms with van der Waals surface area (Å²) in [5, 5.41) is 14.7. The zero-order chi connectivity index (χ0) is 16.7. The summed E-state index contributed by atoms with van der Waals surface area (Å²) >= 11 is 1.46. The van der Waals surface area contributed by atoms with Crippen molar-refractivity contribution in [3.05, 3.63) is 46.9 Å². The zero-order valence-corrected chi connectivity index (χ0v) is 14.3. The molecule has 1 aliphatic rings. The molecule has 4 rings (SSSR count). The highest BCUT2D eigenvalue weighted by molar-refractivity contribution is 7.17. The zero-order valence-electron chi connectivity index (χ0n) is 13.4. The first-order chi connectivity index (χ1) is 11.6. The minimum atomic E-state index is -0.244. The van der Waals surface area contributed by atoms with Crippen LogP contribution < -0.4 is 4.90 Å². The fourth-order valence-corrected chi connectivity index (χ4v) is 4.65. The number of aromatic hydroxyl groups is 1. The lowest BCUT2D eigenvalue weighted by Gasteiger charge is -2.33. The number of quaternary nitrogens is 1. The number of rotatable bonds is 3. The summed E-state index contributed by atoms with van der Waals surface area (Å²) in [6.07, 6.45) is 3.76. The van der Waals surface area contributed by atoms with Gasteiger partial charge in [0, 0.05) is 5.56 Å². The molecular formula is C17H20FN4OS+. The quantitative estimate of drug-likeness (QED) is 0.762. The number of hydrogen-bond donors (Lipinski definition) is 2. The van der Waals surface area contributed by atoms with Crippen molar-refractivity contribution in [1.29, 1.82) is 0 Å². The van der Waals surface area contributed by atoms with E-state index in [2.05, 4.69) is 17.0 Å². The molecule has 7 heteroatoms. The first kappa shape index (κ1) is 15.5. The van der Waals surface area contributed by atoms with Gasteiger partial charge in [0.15, 0.2) is 6.04 Å². The molecule has 0 spiro atoms. The Morgan fingerprint density at radius 3 is 2.67 bits per heavy atom. The normalized spacial score (nSPS) is 22.8. The van der Waals surface area contributed by atoms with E-state index in [1.54, 1.807) is 0 Å². The summed E-state index contributed by atoms with van der Waals surface area (Å²) in [6, 6.07) is 6.59. The molecule has 0 radical (unpaired) electrons. The molecule has 0 bridgehead atoms. The predicted octanol–water partition coefficient (Wildman–Crippen LogP) is 2.04. The maximum absolute atomic E-state index is 13.4. The van der Waals surface area contributed by atoms with Gasteiger partial charge in [-0.3, -0.25) is 0 Å². The van der Waals surface area contributed by atoms with Crippen LogP contribution in [0.3, 0.4) is 0 Å². The summed E-state index contributed by atoms with van der Waals surface area (Å²) in [5.74, 6) is 0.637. The summed E-state index contributed by atoms with van der Waals surface area (Å²) in [5.41, 5.74) is 1.01. The Hall–Kier alpha value is -1.99. The van der Waals surface area contributed by atoms with Crippen molar-refractivity contribution in [1.82, 2.24) is 14.6 Å². The average Bonchev–Trinajstić information content (AvgIpc) is 3.15. The smallest absolute Gasteiger partial charge is 0.235 e. The van der Waals surface area contributed by atoms with Gasteiger partial charge in [0.1, 0.15) is 17.0 Å². The van der Waals surface area contributed by atoms with Crippen LogP contribution in [-0.2, 0) is 0 Å². The van der Waals surface area contributed by atoms with E-state index < -0.39 is 0 Å². The minimum absolute atomic E-state index is 0.0217. The van der Waals surface area contributed by atoms with Crippen LogP contribution in [0.15, 0.2) is 30.6 Å². The van der Waals surface area contributed by atoms with E-state index in [4.69, 9.17) is 0 Å². The number of piperidine rings is 1. The number of aromatic nitrogens is 3. The number of benzene rings is 1. The van der Waals surface area contributed by atoms with Gasteiger partial charge >= 0.3 is 0 Å².